The van der Waals surface area contributed by atoms with Gasteiger partial charge in [-0.2, -0.15) is 17.6 Å². The fraction of sp³-hybridized carbons (Fsp3) is 0. The van der Waals surface area contributed by atoms with Gasteiger partial charge in [0, 0.05) is 5.69 Å². The number of anilines is 2. The van der Waals surface area contributed by atoms with Crippen LogP contribution < -0.4 is 10.5 Å². The van der Waals surface area contributed by atoms with Crippen molar-refractivity contribution >= 4 is 51.5 Å². The lowest BCUT2D eigenvalue weighted by Crippen LogP contribution is -2.11. The molecule has 2 aromatic heterocycles. The number of imidazole rings is 1. The summed E-state index contributed by atoms with van der Waals surface area (Å²) in [6.07, 6.45) is 3.24. The van der Waals surface area contributed by atoms with Crippen molar-refractivity contribution < 1.29 is 8.42 Å². The molecule has 0 spiro atoms. The lowest BCUT2D eigenvalue weighted by molar-refractivity contribution is 0.598. The maximum absolute atomic E-state index is 11.2. The van der Waals surface area contributed by atoms with Gasteiger partial charge in [-0.1, -0.05) is 0 Å². The molecule has 0 saturated carbocycles. The molecule has 0 fully saturated rings. The Morgan fingerprint density at radius 3 is 2.61 bits per heavy atom. The first-order chi connectivity index (χ1) is 11.0. The third-order valence-electron chi connectivity index (χ3n) is 2.99. The van der Waals surface area contributed by atoms with Crippen LogP contribution in [0.1, 0.15) is 5.69 Å². The van der Waals surface area contributed by atoms with Gasteiger partial charge in [0.2, 0.25) is 16.0 Å². The number of aromatic amines is 1. The molecule has 0 atom stereocenters. The van der Waals surface area contributed by atoms with Gasteiger partial charge in [0.15, 0.2) is 5.65 Å². The van der Waals surface area contributed by atoms with Gasteiger partial charge in [0.1, 0.15) is 5.52 Å². The van der Waals surface area contributed by atoms with Crippen LogP contribution in [0.15, 0.2) is 40.9 Å². The number of benzene rings is 1. The number of sulfonamides is 1. The Morgan fingerprint density at radius 2 is 1.96 bits per heavy atom. The lowest BCUT2D eigenvalue weighted by Gasteiger charge is -2.06. The SMILES string of the molecule is NS(=O)(=O)c1ccc(Nc2nc(/C=C\S)c3[nH]cnc3n2)cc1. The molecule has 118 valence electrons. The molecule has 3 aromatic rings. The number of nitrogens with zero attached hydrogens (tertiary/aromatic N) is 3. The van der Waals surface area contributed by atoms with E-state index in [1.807, 2.05) is 0 Å². The second kappa shape index (κ2) is 5.99. The number of nitrogens with two attached hydrogens (primary N) is 1. The summed E-state index contributed by atoms with van der Waals surface area (Å²) in [6, 6.07) is 5.95. The molecule has 23 heavy (non-hydrogen) atoms. The number of hydrogen-bond donors (Lipinski definition) is 4. The Bertz CT molecular complexity index is 979. The highest BCUT2D eigenvalue weighted by Crippen LogP contribution is 2.20. The van der Waals surface area contributed by atoms with Crippen molar-refractivity contribution in [3.63, 3.8) is 0 Å². The average Bonchev–Trinajstić information content (AvgIpc) is 2.96. The van der Waals surface area contributed by atoms with Crippen LogP contribution in [-0.4, -0.2) is 28.4 Å². The van der Waals surface area contributed by atoms with Crippen LogP contribution >= 0.6 is 12.6 Å². The van der Waals surface area contributed by atoms with Gasteiger partial charge in [-0.15, -0.1) is 0 Å². The molecule has 4 N–H and O–H groups in total. The second-order valence-corrected chi connectivity index (χ2v) is 6.40. The number of primary sulfonamides is 1. The first-order valence-corrected chi connectivity index (χ1v) is 8.45. The average molecular weight is 348 g/mol. The number of nitrogens with one attached hydrogen (secondary N) is 2. The summed E-state index contributed by atoms with van der Waals surface area (Å²) >= 11 is 4.05. The zero-order chi connectivity index (χ0) is 16.4. The van der Waals surface area contributed by atoms with Gasteiger partial charge in [0.05, 0.1) is 16.9 Å². The highest BCUT2D eigenvalue weighted by molar-refractivity contribution is 7.89. The van der Waals surface area contributed by atoms with Crippen molar-refractivity contribution in [2.24, 2.45) is 5.14 Å². The third-order valence-corrected chi connectivity index (χ3v) is 4.06. The number of thiol groups is 1. The lowest BCUT2D eigenvalue weighted by atomic mass is 10.3. The minimum absolute atomic E-state index is 0.0328. The molecule has 1 aromatic carbocycles. The maximum Gasteiger partial charge on any atom is 0.238 e. The van der Waals surface area contributed by atoms with Crippen LogP contribution in [0.2, 0.25) is 0 Å². The first-order valence-electron chi connectivity index (χ1n) is 6.39. The second-order valence-electron chi connectivity index (χ2n) is 4.54. The molecule has 0 bridgehead atoms. The van der Waals surface area contributed by atoms with E-state index in [4.69, 9.17) is 5.14 Å². The largest absolute Gasteiger partial charge is 0.341 e. The van der Waals surface area contributed by atoms with E-state index in [0.29, 0.717) is 28.5 Å². The highest BCUT2D eigenvalue weighted by atomic mass is 32.2. The smallest absolute Gasteiger partial charge is 0.238 e. The topological polar surface area (TPSA) is 127 Å². The Balaban J connectivity index is 1.95. The molecule has 3 rings (SSSR count). The summed E-state index contributed by atoms with van der Waals surface area (Å²) in [7, 11) is -3.72. The van der Waals surface area contributed by atoms with E-state index in [1.165, 1.54) is 18.5 Å². The zero-order valence-electron chi connectivity index (χ0n) is 11.6. The fourth-order valence-electron chi connectivity index (χ4n) is 1.96. The summed E-state index contributed by atoms with van der Waals surface area (Å²) in [5.41, 5.74) is 2.45. The molecule has 0 aliphatic rings. The summed E-state index contributed by atoms with van der Waals surface area (Å²) in [5, 5.41) is 9.62. The number of hydrogen-bond acceptors (Lipinski definition) is 7. The molecule has 0 aliphatic heterocycles. The van der Waals surface area contributed by atoms with Crippen LogP contribution in [-0.2, 0) is 10.0 Å². The number of rotatable bonds is 4. The fourth-order valence-corrected chi connectivity index (χ4v) is 2.62. The number of fused-ring (bicyclic) bond motifs is 1. The molecule has 2 heterocycles. The Morgan fingerprint density at radius 1 is 1.22 bits per heavy atom. The van der Waals surface area contributed by atoms with Crippen LogP contribution in [0, 0.1) is 0 Å². The van der Waals surface area contributed by atoms with Gasteiger partial charge in [0.25, 0.3) is 0 Å². The molecule has 10 heteroatoms. The normalized spacial score (nSPS) is 12.1. The predicted molar refractivity (Wildman–Crippen MR) is 90.8 cm³/mol. The van der Waals surface area contributed by atoms with Crippen molar-refractivity contribution in [1.82, 2.24) is 19.9 Å². The van der Waals surface area contributed by atoms with Crippen molar-refractivity contribution in [2.45, 2.75) is 4.90 Å². The van der Waals surface area contributed by atoms with Crippen molar-refractivity contribution in [1.29, 1.82) is 0 Å². The van der Waals surface area contributed by atoms with Crippen molar-refractivity contribution in [2.75, 3.05) is 5.32 Å². The number of aromatic nitrogens is 4. The molecule has 0 aliphatic carbocycles. The van der Waals surface area contributed by atoms with E-state index in [9.17, 15) is 8.42 Å². The van der Waals surface area contributed by atoms with Crippen molar-refractivity contribution in [3.8, 4) is 0 Å². The van der Waals surface area contributed by atoms with E-state index in [0.717, 1.165) is 0 Å². The van der Waals surface area contributed by atoms with Gasteiger partial charge >= 0.3 is 0 Å². The molecule has 0 amide bonds. The Hall–Kier alpha value is -2.43. The minimum atomic E-state index is -3.72. The van der Waals surface area contributed by atoms with Gasteiger partial charge < -0.3 is 10.3 Å². The molecule has 0 unspecified atom stereocenters. The molecule has 0 radical (unpaired) electrons. The maximum atomic E-state index is 11.2. The minimum Gasteiger partial charge on any atom is -0.341 e. The molecule has 8 nitrogen and oxygen atoms in total. The monoisotopic (exact) mass is 348 g/mol. The van der Waals surface area contributed by atoms with Gasteiger partial charge in [-0.3, -0.25) is 0 Å². The summed E-state index contributed by atoms with van der Waals surface area (Å²) in [6.45, 7) is 0. The van der Waals surface area contributed by atoms with Crippen LogP contribution in [0.4, 0.5) is 11.6 Å². The quantitative estimate of drug-likeness (QED) is 0.531. The summed E-state index contributed by atoms with van der Waals surface area (Å²) in [5.74, 6) is 0.328. The van der Waals surface area contributed by atoms with E-state index < -0.39 is 10.0 Å². The van der Waals surface area contributed by atoms with Crippen LogP contribution in [0.25, 0.3) is 17.2 Å². The van der Waals surface area contributed by atoms with E-state index in [2.05, 4.69) is 37.9 Å². The van der Waals surface area contributed by atoms with Crippen LogP contribution in [0.3, 0.4) is 0 Å². The highest BCUT2D eigenvalue weighted by Gasteiger charge is 2.10. The van der Waals surface area contributed by atoms with Gasteiger partial charge in [-0.25, -0.2) is 23.5 Å². The van der Waals surface area contributed by atoms with Crippen LogP contribution in [0.5, 0.6) is 0 Å². The van der Waals surface area contributed by atoms with E-state index in [-0.39, 0.29) is 4.90 Å². The third kappa shape index (κ3) is 3.33. The molecule has 0 saturated heterocycles. The van der Waals surface area contributed by atoms with E-state index in [1.54, 1.807) is 23.6 Å². The first kappa shape index (κ1) is 15.5. The Kier molecular flexibility index (Phi) is 4.03. The van der Waals surface area contributed by atoms with Gasteiger partial charge in [-0.05, 0) is 35.7 Å². The predicted octanol–water partition coefficient (Wildman–Crippen LogP) is 1.64. The Labute approximate surface area is 137 Å². The number of H-pyrrole nitrogens is 1. The standard InChI is InChI=1S/C13H12N6O2S2/c14-23(20,21)9-3-1-8(2-4-9)17-13-18-10(5-6-22)11-12(19-13)16-7-15-11/h1-7,22H,(H2,14,20,21)(H2,15,16,17,18,19)/b6-5-. The van der Waals surface area contributed by atoms with E-state index >= 15 is 0 Å². The molecular formula is C13H12N6O2S2. The zero-order valence-corrected chi connectivity index (χ0v) is 13.3. The summed E-state index contributed by atoms with van der Waals surface area (Å²) in [4.78, 5) is 15.7. The molecular weight excluding hydrogens is 336 g/mol. The van der Waals surface area contributed by atoms with Crippen molar-refractivity contribution in [3.05, 3.63) is 41.7 Å². The summed E-state index contributed by atoms with van der Waals surface area (Å²) < 4.78 is 22.5.